The van der Waals surface area contributed by atoms with Crippen molar-refractivity contribution in [1.29, 1.82) is 0 Å². The molecule has 1 fully saturated rings. The van der Waals surface area contributed by atoms with Crippen LogP contribution in [0.5, 0.6) is 11.5 Å². The molecule has 1 aliphatic rings. The van der Waals surface area contributed by atoms with Crippen LogP contribution in [0.15, 0.2) is 59.6 Å². The van der Waals surface area contributed by atoms with E-state index >= 15 is 0 Å². The molecule has 0 bridgehead atoms. The van der Waals surface area contributed by atoms with E-state index in [9.17, 15) is 19.1 Å². The van der Waals surface area contributed by atoms with Gasteiger partial charge in [-0.15, -0.1) is 11.3 Å². The van der Waals surface area contributed by atoms with Gasteiger partial charge in [-0.05, 0) is 55.3 Å². The van der Waals surface area contributed by atoms with Crippen LogP contribution in [0.1, 0.15) is 43.9 Å². The average Bonchev–Trinajstić information content (AvgIpc) is 3.47. The lowest BCUT2D eigenvalue weighted by molar-refractivity contribution is -0.132. The molecule has 1 N–H and O–H groups in total. The van der Waals surface area contributed by atoms with Crippen LogP contribution in [0.3, 0.4) is 0 Å². The molecule has 1 aromatic heterocycles. The van der Waals surface area contributed by atoms with Crippen molar-refractivity contribution in [2.45, 2.75) is 32.7 Å². The summed E-state index contributed by atoms with van der Waals surface area (Å²) in [5, 5.41) is 13.1. The molecule has 9 heteroatoms. The third-order valence-electron chi connectivity index (χ3n) is 5.53. The average molecular weight is 497 g/mol. The summed E-state index contributed by atoms with van der Waals surface area (Å²) in [7, 11) is 0. The Morgan fingerprint density at radius 1 is 1.11 bits per heavy atom. The number of aromatic nitrogens is 1. The molecular formula is C26H25FN2O5S. The van der Waals surface area contributed by atoms with Gasteiger partial charge in [-0.3, -0.25) is 14.5 Å². The zero-order valence-electron chi connectivity index (χ0n) is 19.4. The predicted molar refractivity (Wildman–Crippen MR) is 131 cm³/mol. The summed E-state index contributed by atoms with van der Waals surface area (Å²) in [4.78, 5) is 31.8. The maximum Gasteiger partial charge on any atom is 0.301 e. The van der Waals surface area contributed by atoms with Gasteiger partial charge in [-0.1, -0.05) is 19.4 Å². The number of amides is 1. The Morgan fingerprint density at radius 2 is 1.89 bits per heavy atom. The Hall–Kier alpha value is -3.72. The molecule has 0 saturated carbocycles. The topological polar surface area (TPSA) is 89.0 Å². The molecule has 2 aromatic carbocycles. The molecule has 182 valence electrons. The number of halogens is 1. The van der Waals surface area contributed by atoms with Crippen LogP contribution in [0.25, 0.3) is 5.76 Å². The molecule has 1 aliphatic heterocycles. The molecule has 1 amide bonds. The van der Waals surface area contributed by atoms with E-state index < -0.39 is 29.3 Å². The molecule has 4 rings (SSSR count). The second-order valence-corrected chi connectivity index (χ2v) is 8.70. The molecular weight excluding hydrogens is 471 g/mol. The Bertz CT molecular complexity index is 1240. The fourth-order valence-corrected chi connectivity index (χ4v) is 4.52. The number of ether oxygens (including phenoxy) is 2. The van der Waals surface area contributed by atoms with Gasteiger partial charge in [0.2, 0.25) is 0 Å². The Labute approximate surface area is 206 Å². The summed E-state index contributed by atoms with van der Waals surface area (Å²) in [5.41, 5.74) is 0.645. The minimum atomic E-state index is -0.963. The van der Waals surface area contributed by atoms with Crippen LogP contribution >= 0.6 is 11.3 Å². The fourth-order valence-electron chi connectivity index (χ4n) is 3.85. The molecule has 1 atom stereocenters. The van der Waals surface area contributed by atoms with Crippen LogP contribution in [0.4, 0.5) is 9.52 Å². The van der Waals surface area contributed by atoms with Gasteiger partial charge in [-0.2, -0.15) is 0 Å². The molecule has 7 nitrogen and oxygen atoms in total. The molecule has 2 heterocycles. The molecule has 1 saturated heterocycles. The number of benzene rings is 2. The minimum Gasteiger partial charge on any atom is -0.507 e. The Kier molecular flexibility index (Phi) is 7.45. The van der Waals surface area contributed by atoms with E-state index in [4.69, 9.17) is 9.47 Å². The highest BCUT2D eigenvalue weighted by Crippen LogP contribution is 2.44. The number of hydrogen-bond acceptors (Lipinski definition) is 7. The van der Waals surface area contributed by atoms with Gasteiger partial charge < -0.3 is 14.6 Å². The van der Waals surface area contributed by atoms with Crippen molar-refractivity contribution in [3.63, 3.8) is 0 Å². The highest BCUT2D eigenvalue weighted by atomic mass is 32.1. The molecule has 35 heavy (non-hydrogen) atoms. The smallest absolute Gasteiger partial charge is 0.301 e. The number of carbonyl (C=O) groups excluding carboxylic acids is 2. The number of anilines is 1. The number of aliphatic hydroxyl groups excluding tert-OH is 1. The third-order valence-corrected chi connectivity index (χ3v) is 6.30. The number of carbonyl (C=O) groups is 2. The van der Waals surface area contributed by atoms with E-state index in [1.807, 2.05) is 6.92 Å². The van der Waals surface area contributed by atoms with Crippen molar-refractivity contribution >= 4 is 33.9 Å². The van der Waals surface area contributed by atoms with Gasteiger partial charge in [0, 0.05) is 17.1 Å². The molecule has 0 spiro atoms. The normalized spacial score (nSPS) is 17.1. The van der Waals surface area contributed by atoms with Crippen molar-refractivity contribution in [3.05, 3.63) is 76.6 Å². The lowest BCUT2D eigenvalue weighted by Gasteiger charge is -2.24. The summed E-state index contributed by atoms with van der Waals surface area (Å²) in [5.74, 6) is -1.53. The van der Waals surface area contributed by atoms with Crippen LogP contribution in [0.2, 0.25) is 0 Å². The molecule has 0 radical (unpaired) electrons. The number of unbranched alkanes of at least 4 members (excludes halogenated alkanes) is 1. The van der Waals surface area contributed by atoms with Gasteiger partial charge in [0.05, 0.1) is 24.8 Å². The number of nitrogens with zero attached hydrogens (tertiary/aromatic N) is 2. The number of hydrogen-bond donors (Lipinski definition) is 1. The first-order valence-corrected chi connectivity index (χ1v) is 12.2. The first-order chi connectivity index (χ1) is 17.0. The van der Waals surface area contributed by atoms with Crippen LogP contribution in [0, 0.1) is 5.82 Å². The van der Waals surface area contributed by atoms with Gasteiger partial charge in [0.25, 0.3) is 5.78 Å². The fraction of sp³-hybridized carbons (Fsp3) is 0.269. The zero-order chi connectivity index (χ0) is 24.9. The molecule has 3 aromatic rings. The van der Waals surface area contributed by atoms with Gasteiger partial charge in [0.1, 0.15) is 11.6 Å². The predicted octanol–water partition coefficient (Wildman–Crippen LogP) is 5.49. The van der Waals surface area contributed by atoms with Crippen LogP contribution in [-0.4, -0.2) is 35.0 Å². The number of aliphatic hydroxyl groups is 1. The quantitative estimate of drug-likeness (QED) is 0.183. The Morgan fingerprint density at radius 3 is 2.54 bits per heavy atom. The third kappa shape index (κ3) is 4.90. The summed E-state index contributed by atoms with van der Waals surface area (Å²) in [6, 6.07) is 9.28. The summed E-state index contributed by atoms with van der Waals surface area (Å²) in [6.45, 7) is 4.82. The van der Waals surface area contributed by atoms with E-state index in [1.54, 1.807) is 23.6 Å². The molecule has 0 aliphatic carbocycles. The lowest BCUT2D eigenvalue weighted by atomic mass is 9.95. The first-order valence-electron chi connectivity index (χ1n) is 11.3. The van der Waals surface area contributed by atoms with Crippen LogP contribution in [-0.2, 0) is 9.59 Å². The summed E-state index contributed by atoms with van der Waals surface area (Å²) < 4.78 is 25.1. The van der Waals surface area contributed by atoms with E-state index in [0.717, 1.165) is 12.8 Å². The minimum absolute atomic E-state index is 0.112. The van der Waals surface area contributed by atoms with Gasteiger partial charge in [0.15, 0.2) is 16.6 Å². The number of Topliss-reactive ketones (excluding diaryl/α,β-unsaturated/α-hetero) is 1. The van der Waals surface area contributed by atoms with Crippen molar-refractivity contribution in [2.75, 3.05) is 18.1 Å². The SMILES string of the molecule is CCCCOc1ccc(C2/C(=C(\O)c3ccc(F)cc3)C(=O)C(=O)N2c2nccs2)cc1OCC. The van der Waals surface area contributed by atoms with Crippen molar-refractivity contribution in [1.82, 2.24) is 4.98 Å². The molecule has 1 unspecified atom stereocenters. The summed E-state index contributed by atoms with van der Waals surface area (Å²) in [6.07, 6.45) is 3.40. The van der Waals surface area contributed by atoms with Crippen molar-refractivity contribution in [3.8, 4) is 11.5 Å². The first kappa shape index (κ1) is 24.4. The summed E-state index contributed by atoms with van der Waals surface area (Å²) >= 11 is 1.20. The maximum atomic E-state index is 13.5. The van der Waals surface area contributed by atoms with Gasteiger partial charge >= 0.3 is 5.91 Å². The second kappa shape index (κ2) is 10.7. The van der Waals surface area contributed by atoms with E-state index in [2.05, 4.69) is 11.9 Å². The zero-order valence-corrected chi connectivity index (χ0v) is 20.2. The second-order valence-electron chi connectivity index (χ2n) is 7.83. The highest BCUT2D eigenvalue weighted by molar-refractivity contribution is 7.14. The monoisotopic (exact) mass is 496 g/mol. The Balaban J connectivity index is 1.86. The standard InChI is InChI=1S/C26H25FN2O5S/c1-3-5-13-34-19-11-8-17(15-20(19)33-4-2)22-21(23(30)16-6-9-18(27)10-7-16)24(31)25(32)29(22)26-28-12-14-35-26/h6-12,14-15,22,30H,3-5,13H2,1-2H3/b23-21+. The maximum absolute atomic E-state index is 13.5. The highest BCUT2D eigenvalue weighted by Gasteiger charge is 2.48. The van der Waals surface area contributed by atoms with E-state index in [-0.39, 0.29) is 11.1 Å². The largest absolute Gasteiger partial charge is 0.507 e. The van der Waals surface area contributed by atoms with E-state index in [1.165, 1.54) is 46.7 Å². The van der Waals surface area contributed by atoms with E-state index in [0.29, 0.717) is 35.4 Å². The number of thiazole rings is 1. The number of ketones is 1. The lowest BCUT2D eigenvalue weighted by Crippen LogP contribution is -2.29. The van der Waals surface area contributed by atoms with Crippen LogP contribution < -0.4 is 14.4 Å². The van der Waals surface area contributed by atoms with Gasteiger partial charge in [-0.25, -0.2) is 9.37 Å². The number of rotatable bonds is 9. The van der Waals surface area contributed by atoms with Crippen molar-refractivity contribution in [2.24, 2.45) is 0 Å². The van der Waals surface area contributed by atoms with Crippen molar-refractivity contribution < 1.29 is 28.6 Å².